The molecule has 0 aliphatic carbocycles. The van der Waals surface area contributed by atoms with Crippen LogP contribution in [0.2, 0.25) is 0 Å². The first-order valence-corrected chi connectivity index (χ1v) is 11.4. The van der Waals surface area contributed by atoms with E-state index in [0.29, 0.717) is 11.5 Å². The van der Waals surface area contributed by atoms with Crippen LogP contribution in [0.4, 0.5) is 11.6 Å². The molecule has 0 bridgehead atoms. The van der Waals surface area contributed by atoms with Crippen LogP contribution in [-0.2, 0) is 4.79 Å². The van der Waals surface area contributed by atoms with E-state index in [-0.39, 0.29) is 11.9 Å². The summed E-state index contributed by atoms with van der Waals surface area (Å²) >= 11 is 0. The number of carbonyl (C=O) groups is 1. The molecule has 1 aliphatic rings. The van der Waals surface area contributed by atoms with Crippen LogP contribution in [0.5, 0.6) is 0 Å². The summed E-state index contributed by atoms with van der Waals surface area (Å²) in [7, 11) is 0. The largest absolute Gasteiger partial charge is 0.329 e. The first-order valence-electron chi connectivity index (χ1n) is 11.4. The molecule has 166 valence electrons. The van der Waals surface area contributed by atoms with Gasteiger partial charge in [-0.25, -0.2) is 4.98 Å². The summed E-state index contributed by atoms with van der Waals surface area (Å²) < 4.78 is 2.14. The number of nitrogens with zero attached hydrogens (tertiary/aromatic N) is 2. The van der Waals surface area contributed by atoms with E-state index in [1.165, 1.54) is 5.56 Å². The van der Waals surface area contributed by atoms with Crippen LogP contribution < -0.4 is 10.6 Å². The summed E-state index contributed by atoms with van der Waals surface area (Å²) in [5, 5.41) is 6.52. The molecule has 5 heteroatoms. The number of benzene rings is 3. The Morgan fingerprint density at radius 3 is 2.39 bits per heavy atom. The maximum absolute atomic E-state index is 13.7. The normalized spacial score (nSPS) is 15.5. The topological polar surface area (TPSA) is 59.0 Å². The molecule has 1 aromatic heterocycles. The SMILES string of the molecule is CC1=C(C(=O)Nc2ccccc2C)[C@@H](c2ccc(C(C)C)cc2)n2c(nc3ccccc32)N1. The molecule has 0 unspecified atom stereocenters. The Bertz CT molecular complexity index is 1380. The molecule has 1 atom stereocenters. The zero-order valence-corrected chi connectivity index (χ0v) is 19.4. The van der Waals surface area contributed by atoms with Crippen molar-refractivity contribution in [2.24, 2.45) is 0 Å². The standard InChI is InChI=1S/C28H28N4O/c1-17(2)20-13-15-21(16-14-20)26-25(27(33)30-22-10-6-5-9-18(22)3)19(4)29-28-31-23-11-7-8-12-24(23)32(26)28/h5-17,26H,1-4H3,(H,29,31)(H,30,33)/t26-/m1/s1. The number of hydrogen-bond donors (Lipinski definition) is 2. The average Bonchev–Trinajstić information content (AvgIpc) is 3.17. The number of aryl methyl sites for hydroxylation is 1. The number of fused-ring (bicyclic) bond motifs is 3. The monoisotopic (exact) mass is 436 g/mol. The Morgan fingerprint density at radius 1 is 0.970 bits per heavy atom. The van der Waals surface area contributed by atoms with Crippen molar-refractivity contribution in [1.29, 1.82) is 0 Å². The molecule has 0 fully saturated rings. The average molecular weight is 437 g/mol. The number of allylic oxidation sites excluding steroid dienone is 1. The van der Waals surface area contributed by atoms with Gasteiger partial charge in [-0.15, -0.1) is 0 Å². The third-order valence-electron chi connectivity index (χ3n) is 6.39. The fourth-order valence-corrected chi connectivity index (χ4v) is 4.54. The molecule has 0 spiro atoms. The number of aromatic nitrogens is 2. The summed E-state index contributed by atoms with van der Waals surface area (Å²) in [6.07, 6.45) is 0. The fourth-order valence-electron chi connectivity index (χ4n) is 4.54. The van der Waals surface area contributed by atoms with E-state index in [1.807, 2.05) is 56.3 Å². The van der Waals surface area contributed by atoms with Crippen LogP contribution in [0.15, 0.2) is 84.1 Å². The molecule has 1 amide bonds. The van der Waals surface area contributed by atoms with Gasteiger partial charge in [-0.05, 0) is 54.7 Å². The molecule has 3 aromatic carbocycles. The van der Waals surface area contributed by atoms with Crippen molar-refractivity contribution in [3.8, 4) is 0 Å². The van der Waals surface area contributed by atoms with Gasteiger partial charge >= 0.3 is 0 Å². The first kappa shape index (κ1) is 21.0. The van der Waals surface area contributed by atoms with E-state index in [1.54, 1.807) is 0 Å². The Kier molecular flexibility index (Phi) is 5.25. The summed E-state index contributed by atoms with van der Waals surface area (Å²) in [5.41, 5.74) is 7.56. The van der Waals surface area contributed by atoms with E-state index in [9.17, 15) is 4.79 Å². The van der Waals surface area contributed by atoms with E-state index < -0.39 is 0 Å². The van der Waals surface area contributed by atoms with Gasteiger partial charge in [0.05, 0.1) is 22.6 Å². The smallest absolute Gasteiger partial charge is 0.255 e. The lowest BCUT2D eigenvalue weighted by atomic mass is 9.92. The molecule has 1 aliphatic heterocycles. The highest BCUT2D eigenvalue weighted by Crippen LogP contribution is 2.39. The highest BCUT2D eigenvalue weighted by atomic mass is 16.1. The Hall–Kier alpha value is -3.86. The molecular formula is C28H28N4O. The lowest BCUT2D eigenvalue weighted by Crippen LogP contribution is -2.31. The van der Waals surface area contributed by atoms with Crippen LogP contribution in [0.1, 0.15) is 49.4 Å². The maximum atomic E-state index is 13.7. The number of imidazole rings is 1. The number of anilines is 2. The van der Waals surface area contributed by atoms with Crippen molar-refractivity contribution in [3.63, 3.8) is 0 Å². The second-order valence-electron chi connectivity index (χ2n) is 8.95. The van der Waals surface area contributed by atoms with Gasteiger partial charge in [-0.2, -0.15) is 0 Å². The molecule has 2 N–H and O–H groups in total. The minimum absolute atomic E-state index is 0.115. The zero-order valence-electron chi connectivity index (χ0n) is 19.4. The molecule has 0 radical (unpaired) electrons. The number of rotatable bonds is 4. The molecule has 4 aromatic rings. The molecule has 5 rings (SSSR count). The summed E-state index contributed by atoms with van der Waals surface area (Å²) in [6, 6.07) is 24.2. The molecule has 5 nitrogen and oxygen atoms in total. The summed E-state index contributed by atoms with van der Waals surface area (Å²) in [4.78, 5) is 18.5. The second kappa shape index (κ2) is 8.24. The van der Waals surface area contributed by atoms with Gasteiger partial charge in [0, 0.05) is 11.4 Å². The molecule has 0 saturated carbocycles. The van der Waals surface area contributed by atoms with E-state index in [0.717, 1.165) is 39.5 Å². The first-order chi connectivity index (χ1) is 15.9. The van der Waals surface area contributed by atoms with Crippen LogP contribution in [-0.4, -0.2) is 15.5 Å². The molecule has 0 saturated heterocycles. The Balaban J connectivity index is 1.66. The van der Waals surface area contributed by atoms with E-state index >= 15 is 0 Å². The van der Waals surface area contributed by atoms with E-state index in [2.05, 4.69) is 59.4 Å². The van der Waals surface area contributed by atoms with Crippen molar-refractivity contribution in [2.45, 2.75) is 39.7 Å². The van der Waals surface area contributed by atoms with Crippen molar-refractivity contribution >= 4 is 28.6 Å². The van der Waals surface area contributed by atoms with Gasteiger partial charge in [-0.1, -0.05) is 68.4 Å². The van der Waals surface area contributed by atoms with E-state index in [4.69, 9.17) is 4.98 Å². The highest BCUT2D eigenvalue weighted by molar-refractivity contribution is 6.06. The van der Waals surface area contributed by atoms with Gasteiger partial charge in [-0.3, -0.25) is 9.36 Å². The number of hydrogen-bond acceptors (Lipinski definition) is 3. The third-order valence-corrected chi connectivity index (χ3v) is 6.39. The lowest BCUT2D eigenvalue weighted by Gasteiger charge is -2.31. The number of carbonyl (C=O) groups excluding carboxylic acids is 1. The Labute approximate surface area is 194 Å². The number of amides is 1. The van der Waals surface area contributed by atoms with Crippen LogP contribution >= 0.6 is 0 Å². The zero-order chi connectivity index (χ0) is 23.1. The van der Waals surface area contributed by atoms with Crippen LogP contribution in [0.25, 0.3) is 11.0 Å². The third kappa shape index (κ3) is 3.69. The predicted octanol–water partition coefficient (Wildman–Crippen LogP) is 6.40. The van der Waals surface area contributed by atoms with Gasteiger partial charge in [0.2, 0.25) is 5.95 Å². The second-order valence-corrected chi connectivity index (χ2v) is 8.95. The predicted molar refractivity (Wildman–Crippen MR) is 135 cm³/mol. The van der Waals surface area contributed by atoms with Crippen LogP contribution in [0, 0.1) is 6.92 Å². The van der Waals surface area contributed by atoms with Crippen molar-refractivity contribution in [1.82, 2.24) is 9.55 Å². The van der Waals surface area contributed by atoms with Crippen molar-refractivity contribution < 1.29 is 4.79 Å². The molecular weight excluding hydrogens is 408 g/mol. The lowest BCUT2D eigenvalue weighted by molar-refractivity contribution is -0.113. The number of nitrogens with one attached hydrogen (secondary N) is 2. The highest BCUT2D eigenvalue weighted by Gasteiger charge is 2.34. The molecule has 2 heterocycles. The van der Waals surface area contributed by atoms with Gasteiger partial charge in [0.25, 0.3) is 5.91 Å². The quantitative estimate of drug-likeness (QED) is 0.389. The van der Waals surface area contributed by atoms with Crippen molar-refractivity contribution in [3.05, 3.63) is 101 Å². The van der Waals surface area contributed by atoms with Gasteiger partial charge in [0.1, 0.15) is 0 Å². The molecule has 33 heavy (non-hydrogen) atoms. The van der Waals surface area contributed by atoms with Gasteiger partial charge < -0.3 is 10.6 Å². The summed E-state index contributed by atoms with van der Waals surface area (Å²) in [6.45, 7) is 8.32. The van der Waals surface area contributed by atoms with Crippen LogP contribution in [0.3, 0.4) is 0 Å². The Morgan fingerprint density at radius 2 is 1.67 bits per heavy atom. The number of para-hydroxylation sites is 3. The van der Waals surface area contributed by atoms with Gasteiger partial charge in [0.15, 0.2) is 0 Å². The fraction of sp³-hybridized carbons (Fsp3) is 0.214. The minimum atomic E-state index is -0.293. The minimum Gasteiger partial charge on any atom is -0.329 e. The maximum Gasteiger partial charge on any atom is 0.255 e. The summed E-state index contributed by atoms with van der Waals surface area (Å²) in [5.74, 6) is 1.08. The van der Waals surface area contributed by atoms with Crippen molar-refractivity contribution in [2.75, 3.05) is 10.6 Å².